The van der Waals surface area contributed by atoms with E-state index in [1.54, 1.807) is 0 Å². The second kappa shape index (κ2) is 2.44. The molecular weight excluding hydrogens is 161 g/mol. The van der Waals surface area contributed by atoms with E-state index in [-0.39, 0.29) is 0 Å². The molecule has 0 aromatic rings. The Labute approximate surface area is 60.3 Å². The van der Waals surface area contributed by atoms with Crippen molar-refractivity contribution in [3.63, 3.8) is 0 Å². The quantitative estimate of drug-likeness (QED) is 0.521. The molecule has 0 aliphatic carbocycles. The van der Waals surface area contributed by atoms with Gasteiger partial charge >= 0.3 is 12.2 Å². The summed E-state index contributed by atoms with van der Waals surface area (Å²) in [4.78, 5) is 10.2. The molecule has 60 valence electrons. The first-order chi connectivity index (χ1) is 5.00. The number of nitrogens with zero attached hydrogens (tertiary/aromatic N) is 2. The number of hydrogen-bond acceptors (Lipinski definition) is 1. The van der Waals surface area contributed by atoms with Gasteiger partial charge < -0.3 is 0 Å². The molecule has 1 atom stereocenters. The van der Waals surface area contributed by atoms with Crippen LogP contribution in [0.3, 0.4) is 0 Å². The van der Waals surface area contributed by atoms with Crippen LogP contribution >= 0.6 is 0 Å². The Bertz CT molecular complexity index is 198. The van der Waals surface area contributed by atoms with E-state index in [1.807, 2.05) is 0 Å². The molecule has 1 rings (SSSR count). The lowest BCUT2D eigenvalue weighted by atomic mass is 10.2. The van der Waals surface area contributed by atoms with E-state index < -0.39 is 18.2 Å². The van der Waals surface area contributed by atoms with Crippen molar-refractivity contribution in [3.05, 3.63) is 12.3 Å². The second-order valence-corrected chi connectivity index (χ2v) is 1.87. The van der Waals surface area contributed by atoms with Crippen LogP contribution in [-0.2, 0) is 0 Å². The first-order valence-electron chi connectivity index (χ1n) is 2.69. The lowest BCUT2D eigenvalue weighted by molar-refractivity contribution is -0.143. The summed E-state index contributed by atoms with van der Waals surface area (Å²) in [6.07, 6.45) is -2.95. The van der Waals surface area contributed by atoms with Gasteiger partial charge in [0.25, 0.3) is 0 Å². The highest BCUT2D eigenvalue weighted by Gasteiger charge is 2.41. The van der Waals surface area contributed by atoms with E-state index in [0.717, 1.165) is 12.3 Å². The summed E-state index contributed by atoms with van der Waals surface area (Å²) in [6.45, 7) is 0. The van der Waals surface area contributed by atoms with Crippen molar-refractivity contribution in [2.24, 2.45) is 0 Å². The molecule has 0 N–H and O–H groups in total. The van der Waals surface area contributed by atoms with Crippen molar-refractivity contribution < 1.29 is 18.0 Å². The second-order valence-electron chi connectivity index (χ2n) is 1.87. The summed E-state index contributed by atoms with van der Waals surface area (Å²) in [6, 6.07) is -3.11. The molecule has 6 heteroatoms. The van der Waals surface area contributed by atoms with Crippen LogP contribution in [0.4, 0.5) is 18.0 Å². The number of alkyl halides is 3. The molecule has 1 aliphatic heterocycles. The number of urea groups is 1. The molecule has 0 aromatic carbocycles. The number of hydrogen-bond donors (Lipinski definition) is 0. The third-order valence-electron chi connectivity index (χ3n) is 1.04. The molecule has 0 spiro atoms. The third-order valence-corrected chi connectivity index (χ3v) is 1.04. The Morgan fingerprint density at radius 3 is 2.45 bits per heavy atom. The standard InChI is InChI=1S/C5H3F3N2O/c6-5(7,8)3-1-2-9-4(11)10-3/h1-3H. The van der Waals surface area contributed by atoms with Gasteiger partial charge in [0.15, 0.2) is 6.04 Å². The van der Waals surface area contributed by atoms with E-state index in [2.05, 4.69) is 10.6 Å². The monoisotopic (exact) mass is 164 g/mol. The highest BCUT2D eigenvalue weighted by atomic mass is 19.4. The summed E-state index contributed by atoms with van der Waals surface area (Å²) in [5.41, 5.74) is 0. The zero-order valence-corrected chi connectivity index (χ0v) is 5.17. The van der Waals surface area contributed by atoms with E-state index in [0.29, 0.717) is 0 Å². The highest BCUT2D eigenvalue weighted by molar-refractivity contribution is 5.76. The molecule has 2 radical (unpaired) electrons. The first-order valence-corrected chi connectivity index (χ1v) is 2.69. The normalized spacial score (nSPS) is 24.3. The topological polar surface area (TPSA) is 45.3 Å². The van der Waals surface area contributed by atoms with Gasteiger partial charge in [-0.05, 0) is 6.08 Å². The molecule has 0 bridgehead atoms. The maximum absolute atomic E-state index is 11.8. The Morgan fingerprint density at radius 1 is 1.45 bits per heavy atom. The van der Waals surface area contributed by atoms with Gasteiger partial charge in [0.05, 0.1) is 0 Å². The average Bonchev–Trinajstić information content (AvgIpc) is 1.86. The molecule has 1 aliphatic rings. The third kappa shape index (κ3) is 1.86. The van der Waals surface area contributed by atoms with Crippen LogP contribution in [0.2, 0.25) is 0 Å². The van der Waals surface area contributed by atoms with Crippen molar-refractivity contribution in [2.75, 3.05) is 0 Å². The number of halogens is 3. The number of rotatable bonds is 0. The molecule has 1 heterocycles. The SMILES string of the molecule is O=C1[N]C=CC(C(F)(F)F)[N]1. The van der Waals surface area contributed by atoms with E-state index >= 15 is 0 Å². The lowest BCUT2D eigenvalue weighted by Crippen LogP contribution is -2.43. The Kier molecular flexibility index (Phi) is 1.76. The Morgan fingerprint density at radius 2 is 2.09 bits per heavy atom. The molecule has 1 unspecified atom stereocenters. The van der Waals surface area contributed by atoms with Crippen molar-refractivity contribution in [3.8, 4) is 0 Å². The molecule has 0 fully saturated rings. The van der Waals surface area contributed by atoms with Gasteiger partial charge in [-0.15, -0.1) is 0 Å². The lowest BCUT2D eigenvalue weighted by Gasteiger charge is -2.17. The van der Waals surface area contributed by atoms with Gasteiger partial charge in [-0.25, -0.2) is 15.4 Å². The van der Waals surface area contributed by atoms with Crippen LogP contribution in [0.25, 0.3) is 0 Å². The first kappa shape index (κ1) is 7.90. The molecule has 3 nitrogen and oxygen atoms in total. The minimum atomic E-state index is -4.48. The molecule has 2 amide bonds. The van der Waals surface area contributed by atoms with Crippen LogP contribution in [-0.4, -0.2) is 18.2 Å². The number of amides is 2. The Hall–Kier alpha value is -1.20. The minimum absolute atomic E-state index is 0.724. The fourth-order valence-corrected chi connectivity index (χ4v) is 0.566. The molecule has 11 heavy (non-hydrogen) atoms. The Balaban J connectivity index is 2.68. The summed E-state index contributed by atoms with van der Waals surface area (Å²) >= 11 is 0. The molecule has 0 saturated carbocycles. The van der Waals surface area contributed by atoms with Gasteiger partial charge in [0.1, 0.15) is 0 Å². The maximum Gasteiger partial charge on any atom is 0.414 e. The van der Waals surface area contributed by atoms with Crippen molar-refractivity contribution in [2.45, 2.75) is 12.2 Å². The van der Waals surface area contributed by atoms with Crippen LogP contribution in [0.15, 0.2) is 12.3 Å². The largest absolute Gasteiger partial charge is 0.414 e. The predicted octanol–water partition coefficient (Wildman–Crippen LogP) is 0.773. The summed E-state index contributed by atoms with van der Waals surface area (Å²) in [7, 11) is 0. The van der Waals surface area contributed by atoms with Gasteiger partial charge in [-0.2, -0.15) is 13.2 Å². The maximum atomic E-state index is 11.8. The van der Waals surface area contributed by atoms with Gasteiger partial charge in [-0.3, -0.25) is 0 Å². The zero-order valence-electron chi connectivity index (χ0n) is 5.17. The minimum Gasteiger partial charge on any atom is -0.244 e. The van der Waals surface area contributed by atoms with Crippen LogP contribution in [0.5, 0.6) is 0 Å². The molecule has 0 aromatic heterocycles. The predicted molar refractivity (Wildman–Crippen MR) is 28.6 cm³/mol. The summed E-state index contributed by atoms with van der Waals surface area (Å²) < 4.78 is 35.3. The smallest absolute Gasteiger partial charge is 0.244 e. The number of carbonyl (C=O) groups is 1. The average molecular weight is 164 g/mol. The highest BCUT2D eigenvalue weighted by Crippen LogP contribution is 2.22. The summed E-state index contributed by atoms with van der Waals surface area (Å²) in [5.74, 6) is 0. The van der Waals surface area contributed by atoms with E-state index in [1.165, 1.54) is 0 Å². The van der Waals surface area contributed by atoms with Gasteiger partial charge in [0, 0.05) is 6.20 Å². The van der Waals surface area contributed by atoms with Gasteiger partial charge in [0.2, 0.25) is 0 Å². The molecular formula is C5H3F3N2O. The van der Waals surface area contributed by atoms with Crippen molar-refractivity contribution in [1.82, 2.24) is 10.6 Å². The van der Waals surface area contributed by atoms with Crippen molar-refractivity contribution >= 4 is 6.03 Å². The fourth-order valence-electron chi connectivity index (χ4n) is 0.566. The zero-order chi connectivity index (χ0) is 8.48. The molecule has 0 saturated heterocycles. The number of carbonyl (C=O) groups excluding carboxylic acids is 1. The fraction of sp³-hybridized carbons (Fsp3) is 0.400. The van der Waals surface area contributed by atoms with E-state index in [4.69, 9.17) is 0 Å². The summed E-state index contributed by atoms with van der Waals surface area (Å²) in [5, 5.41) is 5.74. The van der Waals surface area contributed by atoms with E-state index in [9.17, 15) is 18.0 Å². The van der Waals surface area contributed by atoms with Crippen LogP contribution < -0.4 is 10.6 Å². The van der Waals surface area contributed by atoms with Crippen LogP contribution in [0, 0.1) is 0 Å². The van der Waals surface area contributed by atoms with Gasteiger partial charge in [-0.1, -0.05) is 0 Å². The van der Waals surface area contributed by atoms with Crippen LogP contribution in [0.1, 0.15) is 0 Å². The van der Waals surface area contributed by atoms with Crippen molar-refractivity contribution in [1.29, 1.82) is 0 Å².